The highest BCUT2D eigenvalue weighted by atomic mass is 16.7. The van der Waals surface area contributed by atoms with Gasteiger partial charge in [-0.25, -0.2) is 0 Å². The van der Waals surface area contributed by atoms with Crippen LogP contribution < -0.4 is 0 Å². The van der Waals surface area contributed by atoms with Crippen molar-refractivity contribution < 1.29 is 14.7 Å². The number of aliphatic hydroxyl groups excluding tert-OH is 1. The van der Waals surface area contributed by atoms with Crippen LogP contribution in [-0.2, 0) is 9.63 Å². The molecular weight excluding hydrogens is 304 g/mol. The fourth-order valence-corrected chi connectivity index (χ4v) is 4.09. The number of hydrogen-bond donors (Lipinski definition) is 1. The summed E-state index contributed by atoms with van der Waals surface area (Å²) in [5.41, 5.74) is 1.82. The number of aryl methyl sites for hydroxylation is 1. The second-order valence-electron chi connectivity index (χ2n) is 6.74. The summed E-state index contributed by atoms with van der Waals surface area (Å²) in [5.74, 6) is 2.12. The van der Waals surface area contributed by atoms with Crippen LogP contribution in [0.1, 0.15) is 35.4 Å². The molecule has 0 radical (unpaired) electrons. The van der Waals surface area contributed by atoms with E-state index in [1.165, 1.54) is 0 Å². The van der Waals surface area contributed by atoms with Gasteiger partial charge in [0.15, 0.2) is 5.78 Å². The zero-order chi connectivity index (χ0) is 17.5. The Bertz CT molecular complexity index is 686. The molecule has 0 saturated carbocycles. The largest absolute Gasteiger partial charge is 0.377 e. The number of terminal acetylenes is 1. The highest BCUT2D eigenvalue weighted by Crippen LogP contribution is 2.45. The van der Waals surface area contributed by atoms with Crippen molar-refractivity contribution in [3.05, 3.63) is 34.9 Å². The Hall–Kier alpha value is -1.71. The second kappa shape index (κ2) is 6.30. The molecule has 2 unspecified atom stereocenters. The highest BCUT2D eigenvalue weighted by Gasteiger charge is 2.58. The van der Waals surface area contributed by atoms with Gasteiger partial charge in [-0.1, -0.05) is 23.6 Å². The molecule has 2 saturated heterocycles. The fraction of sp³-hybridized carbons (Fsp3) is 0.526. The van der Waals surface area contributed by atoms with Crippen molar-refractivity contribution in [1.29, 1.82) is 0 Å². The summed E-state index contributed by atoms with van der Waals surface area (Å²) in [6.45, 7) is 3.30. The predicted octanol–water partition coefficient (Wildman–Crippen LogP) is 1.29. The number of rotatable bonds is 2. The average Bonchev–Trinajstić information content (AvgIpc) is 2.77. The van der Waals surface area contributed by atoms with Gasteiger partial charge in [0.05, 0.1) is 18.6 Å². The van der Waals surface area contributed by atoms with Crippen molar-refractivity contribution in [3.8, 4) is 12.3 Å². The van der Waals surface area contributed by atoms with Gasteiger partial charge >= 0.3 is 0 Å². The zero-order valence-electron chi connectivity index (χ0n) is 14.5. The molecule has 2 aliphatic rings. The molecule has 1 aromatic carbocycles. The number of ketones is 1. The van der Waals surface area contributed by atoms with E-state index in [0.29, 0.717) is 31.5 Å². The summed E-state index contributed by atoms with van der Waals surface area (Å²) in [5, 5.41) is 12.7. The van der Waals surface area contributed by atoms with Gasteiger partial charge in [-0.15, -0.1) is 6.42 Å². The Balaban J connectivity index is 1.99. The first-order valence-corrected chi connectivity index (χ1v) is 8.26. The number of likely N-dealkylation sites (tertiary alicyclic amines) is 1. The van der Waals surface area contributed by atoms with E-state index in [9.17, 15) is 9.90 Å². The van der Waals surface area contributed by atoms with Crippen LogP contribution in [-0.4, -0.2) is 59.9 Å². The summed E-state index contributed by atoms with van der Waals surface area (Å²) in [4.78, 5) is 20.4. The first-order valence-electron chi connectivity index (χ1n) is 8.26. The minimum atomic E-state index is -0.861. The Labute approximate surface area is 143 Å². The minimum Gasteiger partial charge on any atom is -0.377 e. The lowest BCUT2D eigenvalue weighted by Crippen LogP contribution is -2.55. The molecule has 1 N–H and O–H groups in total. The van der Waals surface area contributed by atoms with E-state index in [1.807, 2.05) is 42.1 Å². The van der Waals surface area contributed by atoms with Crippen LogP contribution in [0.15, 0.2) is 18.2 Å². The molecule has 2 heterocycles. The fourth-order valence-electron chi connectivity index (χ4n) is 4.09. The molecular formula is C19H24N2O3. The van der Waals surface area contributed by atoms with Crippen molar-refractivity contribution in [3.63, 3.8) is 0 Å². The van der Waals surface area contributed by atoms with Gasteiger partial charge < -0.3 is 9.94 Å². The molecule has 2 aliphatic heterocycles. The Morgan fingerprint density at radius 1 is 1.38 bits per heavy atom. The summed E-state index contributed by atoms with van der Waals surface area (Å²) in [6, 6.07) is 5.71. The average molecular weight is 328 g/mol. The van der Waals surface area contributed by atoms with E-state index in [0.717, 1.165) is 11.1 Å². The standard InChI is InChI=1S/C19H24N2O3/c1-5-14-7-6-13(2)12-15(14)16-17(22)19(20(3)18(16)23)8-10-21(24-4)11-9-19/h1,6-7,12,16,18,23H,8-11H2,2-4H3. The summed E-state index contributed by atoms with van der Waals surface area (Å²) in [7, 11) is 3.47. The normalized spacial score (nSPS) is 27.5. The Kier molecular flexibility index (Phi) is 4.50. The molecule has 0 aliphatic carbocycles. The number of carbonyl (C=O) groups excluding carboxylic acids is 1. The number of carbonyl (C=O) groups is 1. The van der Waals surface area contributed by atoms with Crippen LogP contribution in [0.5, 0.6) is 0 Å². The van der Waals surface area contributed by atoms with Crippen LogP contribution in [0.2, 0.25) is 0 Å². The Morgan fingerprint density at radius 2 is 2.04 bits per heavy atom. The van der Waals surface area contributed by atoms with Crippen molar-refractivity contribution in [2.24, 2.45) is 0 Å². The zero-order valence-corrected chi connectivity index (χ0v) is 14.5. The number of aliphatic hydroxyl groups is 1. The van der Waals surface area contributed by atoms with E-state index in [2.05, 4.69) is 5.92 Å². The number of nitrogens with zero attached hydrogens (tertiary/aromatic N) is 2. The molecule has 128 valence electrons. The van der Waals surface area contributed by atoms with Gasteiger partial charge in [-0.3, -0.25) is 9.69 Å². The number of piperidine rings is 1. The molecule has 2 fully saturated rings. The topological polar surface area (TPSA) is 53.0 Å². The summed E-state index contributed by atoms with van der Waals surface area (Å²) < 4.78 is 0. The molecule has 0 amide bonds. The summed E-state index contributed by atoms with van der Waals surface area (Å²) >= 11 is 0. The lowest BCUT2D eigenvalue weighted by Gasteiger charge is -2.41. The van der Waals surface area contributed by atoms with E-state index in [-0.39, 0.29) is 5.78 Å². The molecule has 5 heteroatoms. The maximum Gasteiger partial charge on any atom is 0.164 e. The van der Waals surface area contributed by atoms with E-state index < -0.39 is 17.7 Å². The van der Waals surface area contributed by atoms with Gasteiger partial charge in [0.1, 0.15) is 6.23 Å². The van der Waals surface area contributed by atoms with E-state index in [1.54, 1.807) is 7.11 Å². The second-order valence-corrected chi connectivity index (χ2v) is 6.74. The van der Waals surface area contributed by atoms with Crippen molar-refractivity contribution in [2.75, 3.05) is 27.2 Å². The van der Waals surface area contributed by atoms with E-state index in [4.69, 9.17) is 11.3 Å². The van der Waals surface area contributed by atoms with Crippen molar-refractivity contribution in [2.45, 2.75) is 37.5 Å². The van der Waals surface area contributed by atoms with Crippen molar-refractivity contribution >= 4 is 5.78 Å². The van der Waals surface area contributed by atoms with Crippen molar-refractivity contribution in [1.82, 2.24) is 9.96 Å². The Morgan fingerprint density at radius 3 is 2.62 bits per heavy atom. The van der Waals surface area contributed by atoms with Crippen LogP contribution in [0.4, 0.5) is 0 Å². The van der Waals surface area contributed by atoms with Gasteiger partial charge in [-0.2, -0.15) is 5.06 Å². The third kappa shape index (κ3) is 2.47. The minimum absolute atomic E-state index is 0.0651. The molecule has 5 nitrogen and oxygen atoms in total. The number of benzene rings is 1. The highest BCUT2D eigenvalue weighted by molar-refractivity contribution is 5.97. The molecule has 1 aromatic rings. The molecule has 2 atom stereocenters. The lowest BCUT2D eigenvalue weighted by molar-refractivity contribution is -0.167. The molecule has 0 bridgehead atoms. The number of hydroxylamine groups is 2. The first kappa shape index (κ1) is 17.1. The maximum absolute atomic E-state index is 13.3. The maximum atomic E-state index is 13.3. The van der Waals surface area contributed by atoms with Crippen LogP contribution in [0, 0.1) is 19.3 Å². The van der Waals surface area contributed by atoms with Gasteiger partial charge in [0.2, 0.25) is 0 Å². The number of hydrogen-bond acceptors (Lipinski definition) is 5. The monoisotopic (exact) mass is 328 g/mol. The van der Waals surface area contributed by atoms with Gasteiger partial charge in [0, 0.05) is 18.7 Å². The molecule has 24 heavy (non-hydrogen) atoms. The van der Waals surface area contributed by atoms with E-state index >= 15 is 0 Å². The SMILES string of the molecule is C#Cc1ccc(C)cc1C1C(=O)C2(CCN(OC)CC2)N(C)C1O. The van der Waals surface area contributed by atoms with Gasteiger partial charge in [0.25, 0.3) is 0 Å². The summed E-state index contributed by atoms with van der Waals surface area (Å²) in [6.07, 6.45) is 6.04. The smallest absolute Gasteiger partial charge is 0.164 e. The third-order valence-corrected chi connectivity index (χ3v) is 5.62. The van der Waals surface area contributed by atoms with Crippen LogP contribution in [0.25, 0.3) is 0 Å². The lowest BCUT2D eigenvalue weighted by atomic mass is 9.79. The van der Waals surface area contributed by atoms with Crippen LogP contribution >= 0.6 is 0 Å². The molecule has 3 rings (SSSR count). The predicted molar refractivity (Wildman–Crippen MR) is 91.2 cm³/mol. The molecule has 1 spiro atoms. The third-order valence-electron chi connectivity index (χ3n) is 5.62. The van der Waals surface area contributed by atoms with Gasteiger partial charge in [-0.05, 0) is 38.4 Å². The number of likely N-dealkylation sites (N-methyl/N-ethyl adjacent to an activating group) is 1. The quantitative estimate of drug-likeness (QED) is 0.829. The molecule has 0 aromatic heterocycles. The number of Topliss-reactive ketones (excluding diaryl/α,β-unsaturated/α-hetero) is 1. The first-order chi connectivity index (χ1) is 11.4. The van der Waals surface area contributed by atoms with Crippen LogP contribution in [0.3, 0.4) is 0 Å².